The van der Waals surface area contributed by atoms with Crippen LogP contribution in [-0.4, -0.2) is 0 Å². The molecule has 1 aromatic rings. The summed E-state index contributed by atoms with van der Waals surface area (Å²) in [6, 6.07) is 5.24. The molecule has 0 radical (unpaired) electrons. The molecule has 0 heterocycles. The second kappa shape index (κ2) is 4.86. The summed E-state index contributed by atoms with van der Waals surface area (Å²) in [5, 5.41) is 0. The molecule has 1 saturated carbocycles. The Bertz CT molecular complexity index is 366. The summed E-state index contributed by atoms with van der Waals surface area (Å²) in [6.07, 6.45) is -0.443. The summed E-state index contributed by atoms with van der Waals surface area (Å²) in [6.45, 7) is 0. The fourth-order valence-corrected chi connectivity index (χ4v) is 2.29. The lowest BCUT2D eigenvalue weighted by atomic mass is 9.89. The summed E-state index contributed by atoms with van der Waals surface area (Å²) < 4.78 is 37.1. The minimum absolute atomic E-state index is 0. The number of halogens is 4. The van der Waals surface area contributed by atoms with E-state index in [2.05, 4.69) is 0 Å². The van der Waals surface area contributed by atoms with Gasteiger partial charge in [0.2, 0.25) is 0 Å². The van der Waals surface area contributed by atoms with E-state index in [0.29, 0.717) is 0 Å². The Kier molecular flexibility index (Phi) is 4.10. The molecule has 1 nitrogen and oxygen atoms in total. The zero-order valence-corrected chi connectivity index (χ0v) is 10.1. The van der Waals surface area contributed by atoms with Crippen LogP contribution in [0.5, 0.6) is 0 Å². The highest BCUT2D eigenvalue weighted by Crippen LogP contribution is 2.37. The predicted molar refractivity (Wildman–Crippen MR) is 63.0 cm³/mol. The standard InChI is InChI=1S/C12H14F3N.ClH/c13-12(14,15)10-5-3-9(4-6-10)11(16)7-1-2-8-11;/h3-6H,1-2,7-8,16H2;1H. The third kappa shape index (κ3) is 2.93. The Hall–Kier alpha value is -0.740. The van der Waals surface area contributed by atoms with E-state index < -0.39 is 17.3 Å². The Labute approximate surface area is 105 Å². The quantitative estimate of drug-likeness (QED) is 0.820. The van der Waals surface area contributed by atoms with E-state index >= 15 is 0 Å². The Morgan fingerprint density at radius 1 is 1.00 bits per heavy atom. The van der Waals surface area contributed by atoms with Crippen LogP contribution < -0.4 is 5.73 Å². The van der Waals surface area contributed by atoms with E-state index in [4.69, 9.17) is 5.73 Å². The molecule has 0 aliphatic heterocycles. The van der Waals surface area contributed by atoms with Crippen LogP contribution in [0.2, 0.25) is 0 Å². The van der Waals surface area contributed by atoms with Crippen molar-refractivity contribution in [2.24, 2.45) is 5.73 Å². The predicted octanol–water partition coefficient (Wildman–Crippen LogP) is 3.86. The summed E-state index contributed by atoms with van der Waals surface area (Å²) in [4.78, 5) is 0. The van der Waals surface area contributed by atoms with Crippen molar-refractivity contribution < 1.29 is 13.2 Å². The maximum Gasteiger partial charge on any atom is 0.416 e. The number of hydrogen-bond donors (Lipinski definition) is 1. The fraction of sp³-hybridized carbons (Fsp3) is 0.500. The highest BCUT2D eigenvalue weighted by atomic mass is 35.5. The highest BCUT2D eigenvalue weighted by Gasteiger charge is 2.33. The van der Waals surface area contributed by atoms with E-state index in [1.807, 2.05) is 0 Å². The molecule has 0 bridgehead atoms. The van der Waals surface area contributed by atoms with E-state index in [1.165, 1.54) is 12.1 Å². The molecule has 5 heteroatoms. The molecule has 1 aliphatic carbocycles. The average Bonchev–Trinajstić information content (AvgIpc) is 2.66. The van der Waals surface area contributed by atoms with E-state index in [9.17, 15) is 13.2 Å². The molecule has 0 saturated heterocycles. The van der Waals surface area contributed by atoms with Crippen LogP contribution in [0.3, 0.4) is 0 Å². The minimum atomic E-state index is -4.27. The zero-order chi connectivity index (χ0) is 11.8. The number of rotatable bonds is 1. The molecule has 1 fully saturated rings. The van der Waals surface area contributed by atoms with E-state index in [1.54, 1.807) is 0 Å². The van der Waals surface area contributed by atoms with Crippen molar-refractivity contribution in [3.63, 3.8) is 0 Å². The molecule has 0 unspecified atom stereocenters. The van der Waals surface area contributed by atoms with Gasteiger partial charge in [0.25, 0.3) is 0 Å². The van der Waals surface area contributed by atoms with Gasteiger partial charge in [-0.05, 0) is 30.5 Å². The number of alkyl halides is 3. The van der Waals surface area contributed by atoms with Gasteiger partial charge >= 0.3 is 6.18 Å². The number of benzene rings is 1. The first-order valence-corrected chi connectivity index (χ1v) is 5.38. The van der Waals surface area contributed by atoms with E-state index in [0.717, 1.165) is 43.4 Å². The molecule has 0 spiro atoms. The van der Waals surface area contributed by atoms with Crippen LogP contribution in [0.1, 0.15) is 36.8 Å². The van der Waals surface area contributed by atoms with Gasteiger partial charge in [-0.15, -0.1) is 12.4 Å². The Morgan fingerprint density at radius 3 is 1.88 bits per heavy atom. The zero-order valence-electron chi connectivity index (χ0n) is 9.26. The third-order valence-electron chi connectivity index (χ3n) is 3.28. The highest BCUT2D eigenvalue weighted by molar-refractivity contribution is 5.85. The molecule has 0 amide bonds. The van der Waals surface area contributed by atoms with Crippen molar-refractivity contribution in [2.75, 3.05) is 0 Å². The van der Waals surface area contributed by atoms with Crippen molar-refractivity contribution >= 4 is 12.4 Å². The maximum absolute atomic E-state index is 12.4. The van der Waals surface area contributed by atoms with Gasteiger partial charge in [-0.25, -0.2) is 0 Å². The monoisotopic (exact) mass is 265 g/mol. The molecule has 1 aliphatic rings. The molecular formula is C12H15ClF3N. The maximum atomic E-state index is 12.4. The third-order valence-corrected chi connectivity index (χ3v) is 3.28. The first kappa shape index (κ1) is 14.3. The molecule has 0 atom stereocenters. The van der Waals surface area contributed by atoms with E-state index in [-0.39, 0.29) is 12.4 Å². The molecular weight excluding hydrogens is 251 g/mol. The SMILES string of the molecule is Cl.NC1(c2ccc(C(F)(F)F)cc2)CCCC1. The van der Waals surface area contributed by atoms with Crippen LogP contribution in [0, 0.1) is 0 Å². The van der Waals surface area contributed by atoms with Gasteiger partial charge in [0.1, 0.15) is 0 Å². The van der Waals surface area contributed by atoms with Gasteiger partial charge in [0, 0.05) is 5.54 Å². The summed E-state index contributed by atoms with van der Waals surface area (Å²) in [5.74, 6) is 0. The topological polar surface area (TPSA) is 26.0 Å². The number of hydrogen-bond acceptors (Lipinski definition) is 1. The average molecular weight is 266 g/mol. The fourth-order valence-electron chi connectivity index (χ4n) is 2.29. The van der Waals surface area contributed by atoms with Crippen molar-refractivity contribution in [1.82, 2.24) is 0 Å². The van der Waals surface area contributed by atoms with Crippen LogP contribution in [0.15, 0.2) is 24.3 Å². The van der Waals surface area contributed by atoms with Crippen LogP contribution >= 0.6 is 12.4 Å². The van der Waals surface area contributed by atoms with Gasteiger partial charge in [0.15, 0.2) is 0 Å². The largest absolute Gasteiger partial charge is 0.416 e. The van der Waals surface area contributed by atoms with Gasteiger partial charge < -0.3 is 5.73 Å². The van der Waals surface area contributed by atoms with Gasteiger partial charge in [0.05, 0.1) is 5.56 Å². The summed E-state index contributed by atoms with van der Waals surface area (Å²) >= 11 is 0. The van der Waals surface area contributed by atoms with Gasteiger partial charge in [-0.2, -0.15) is 13.2 Å². The first-order valence-electron chi connectivity index (χ1n) is 5.38. The van der Waals surface area contributed by atoms with Gasteiger partial charge in [-0.1, -0.05) is 25.0 Å². The summed E-state index contributed by atoms with van der Waals surface area (Å²) in [7, 11) is 0. The molecule has 96 valence electrons. The lowest BCUT2D eigenvalue weighted by Gasteiger charge is -2.24. The van der Waals surface area contributed by atoms with Crippen LogP contribution in [0.25, 0.3) is 0 Å². The Morgan fingerprint density at radius 2 is 1.47 bits per heavy atom. The molecule has 17 heavy (non-hydrogen) atoms. The first-order chi connectivity index (χ1) is 7.42. The number of nitrogens with two attached hydrogens (primary N) is 1. The second-order valence-corrected chi connectivity index (χ2v) is 4.44. The van der Waals surface area contributed by atoms with Crippen LogP contribution in [0.4, 0.5) is 13.2 Å². The van der Waals surface area contributed by atoms with Crippen molar-refractivity contribution in [3.8, 4) is 0 Å². The normalized spacial score (nSPS) is 18.8. The summed E-state index contributed by atoms with van der Waals surface area (Å²) in [5.41, 5.74) is 5.95. The Balaban J connectivity index is 0.00000144. The molecule has 2 N–H and O–H groups in total. The lowest BCUT2D eigenvalue weighted by Crippen LogP contribution is -2.33. The van der Waals surface area contributed by atoms with Crippen LogP contribution in [-0.2, 0) is 11.7 Å². The van der Waals surface area contributed by atoms with Crippen molar-refractivity contribution in [3.05, 3.63) is 35.4 Å². The smallest absolute Gasteiger partial charge is 0.321 e. The second-order valence-electron chi connectivity index (χ2n) is 4.44. The minimum Gasteiger partial charge on any atom is -0.321 e. The lowest BCUT2D eigenvalue weighted by molar-refractivity contribution is -0.137. The van der Waals surface area contributed by atoms with Crippen molar-refractivity contribution in [1.29, 1.82) is 0 Å². The van der Waals surface area contributed by atoms with Crippen molar-refractivity contribution in [2.45, 2.75) is 37.4 Å². The molecule has 0 aromatic heterocycles. The molecule has 1 aromatic carbocycles. The molecule has 2 rings (SSSR count). The van der Waals surface area contributed by atoms with Gasteiger partial charge in [-0.3, -0.25) is 0 Å².